The molecule has 1 heterocycles. The first-order valence-electron chi connectivity index (χ1n) is 10.8. The van der Waals surface area contributed by atoms with Gasteiger partial charge < -0.3 is 20.7 Å². The fourth-order valence-electron chi connectivity index (χ4n) is 2.92. The Labute approximate surface area is 211 Å². The SMILES string of the molecule is CCNC(=NCCc1ccc(OCC(=O)NC2CC2)cc1)NCCc1ccc(Cl)nc1.I. The summed E-state index contributed by atoms with van der Waals surface area (Å²) >= 11 is 5.82. The molecule has 1 aromatic heterocycles. The minimum absolute atomic E-state index is 0. The van der Waals surface area contributed by atoms with Crippen LogP contribution in [0.4, 0.5) is 0 Å². The predicted molar refractivity (Wildman–Crippen MR) is 139 cm³/mol. The lowest BCUT2D eigenvalue weighted by atomic mass is 10.1. The van der Waals surface area contributed by atoms with Crippen molar-refractivity contribution < 1.29 is 9.53 Å². The van der Waals surface area contributed by atoms with Gasteiger partial charge in [0.05, 0.1) is 0 Å². The molecule has 0 atom stereocenters. The van der Waals surface area contributed by atoms with Crippen LogP contribution in [0.1, 0.15) is 30.9 Å². The number of nitrogens with zero attached hydrogens (tertiary/aromatic N) is 2. The van der Waals surface area contributed by atoms with Gasteiger partial charge in [-0.3, -0.25) is 9.79 Å². The number of ether oxygens (including phenoxy) is 1. The van der Waals surface area contributed by atoms with Gasteiger partial charge in [-0.15, -0.1) is 24.0 Å². The summed E-state index contributed by atoms with van der Waals surface area (Å²) in [5.74, 6) is 1.44. The van der Waals surface area contributed by atoms with E-state index < -0.39 is 0 Å². The van der Waals surface area contributed by atoms with Crippen molar-refractivity contribution in [3.8, 4) is 5.75 Å². The zero-order chi connectivity index (χ0) is 21.9. The highest BCUT2D eigenvalue weighted by molar-refractivity contribution is 14.0. The number of pyridine rings is 1. The minimum atomic E-state index is -0.0586. The number of aromatic nitrogens is 1. The third-order valence-electron chi connectivity index (χ3n) is 4.75. The van der Waals surface area contributed by atoms with Gasteiger partial charge in [0, 0.05) is 31.9 Å². The summed E-state index contributed by atoms with van der Waals surface area (Å²) in [6, 6.07) is 12.0. The van der Waals surface area contributed by atoms with Crippen LogP contribution in [0.5, 0.6) is 5.75 Å². The summed E-state index contributed by atoms with van der Waals surface area (Å²) in [7, 11) is 0. The Bertz CT molecular complexity index is 858. The van der Waals surface area contributed by atoms with Gasteiger partial charge in [-0.2, -0.15) is 0 Å². The van der Waals surface area contributed by atoms with Crippen molar-refractivity contribution in [3.63, 3.8) is 0 Å². The smallest absolute Gasteiger partial charge is 0.258 e. The first kappa shape index (κ1) is 26.2. The Balaban J connectivity index is 0.00000363. The Kier molecular flexibility index (Phi) is 11.6. The Hall–Kier alpha value is -2.07. The zero-order valence-electron chi connectivity index (χ0n) is 18.3. The zero-order valence-corrected chi connectivity index (χ0v) is 21.4. The summed E-state index contributed by atoms with van der Waals surface area (Å²) in [4.78, 5) is 20.4. The molecule has 9 heteroatoms. The van der Waals surface area contributed by atoms with E-state index >= 15 is 0 Å². The lowest BCUT2D eigenvalue weighted by molar-refractivity contribution is -0.123. The number of hydrogen-bond donors (Lipinski definition) is 3. The molecule has 0 radical (unpaired) electrons. The van der Waals surface area contributed by atoms with Crippen LogP contribution in [-0.4, -0.2) is 49.1 Å². The maximum absolute atomic E-state index is 11.7. The van der Waals surface area contributed by atoms with Crippen LogP contribution in [-0.2, 0) is 17.6 Å². The van der Waals surface area contributed by atoms with Gasteiger partial charge in [0.2, 0.25) is 0 Å². The number of rotatable bonds is 11. The fourth-order valence-corrected chi connectivity index (χ4v) is 3.03. The molecule has 1 fully saturated rings. The van der Waals surface area contributed by atoms with Crippen molar-refractivity contribution in [1.82, 2.24) is 20.9 Å². The van der Waals surface area contributed by atoms with Gasteiger partial charge in [-0.25, -0.2) is 4.98 Å². The highest BCUT2D eigenvalue weighted by Crippen LogP contribution is 2.18. The van der Waals surface area contributed by atoms with Crippen LogP contribution in [0.25, 0.3) is 0 Å². The molecule has 3 N–H and O–H groups in total. The molecule has 1 aliphatic rings. The lowest BCUT2D eigenvalue weighted by Gasteiger charge is -2.11. The van der Waals surface area contributed by atoms with Crippen LogP contribution in [0.3, 0.4) is 0 Å². The van der Waals surface area contributed by atoms with E-state index in [-0.39, 0.29) is 36.5 Å². The molecule has 2 aromatic rings. The molecule has 0 saturated heterocycles. The Morgan fingerprint density at radius 1 is 1.12 bits per heavy atom. The number of benzene rings is 1. The maximum Gasteiger partial charge on any atom is 0.258 e. The number of nitrogens with one attached hydrogen (secondary N) is 3. The number of amides is 1. The summed E-state index contributed by atoms with van der Waals surface area (Å²) in [5.41, 5.74) is 2.29. The van der Waals surface area contributed by atoms with Crippen LogP contribution in [0, 0.1) is 0 Å². The average molecular weight is 572 g/mol. The average Bonchev–Trinajstić information content (AvgIpc) is 3.58. The van der Waals surface area contributed by atoms with E-state index in [9.17, 15) is 4.79 Å². The Morgan fingerprint density at radius 3 is 2.53 bits per heavy atom. The highest BCUT2D eigenvalue weighted by Gasteiger charge is 2.23. The molecular formula is C23H31ClIN5O2. The molecule has 0 bridgehead atoms. The third kappa shape index (κ3) is 10.0. The van der Waals surface area contributed by atoms with Crippen LogP contribution in [0.2, 0.25) is 5.15 Å². The highest BCUT2D eigenvalue weighted by atomic mass is 127. The maximum atomic E-state index is 11.7. The third-order valence-corrected chi connectivity index (χ3v) is 4.97. The number of hydrogen-bond acceptors (Lipinski definition) is 4. The molecule has 1 saturated carbocycles. The first-order valence-corrected chi connectivity index (χ1v) is 11.1. The van der Waals surface area contributed by atoms with E-state index in [1.165, 1.54) is 5.56 Å². The van der Waals surface area contributed by atoms with Crippen LogP contribution < -0.4 is 20.7 Å². The second kappa shape index (κ2) is 14.2. The topological polar surface area (TPSA) is 87.6 Å². The molecule has 3 rings (SSSR count). The quantitative estimate of drug-likeness (QED) is 0.167. The summed E-state index contributed by atoms with van der Waals surface area (Å²) in [6.07, 6.45) is 5.61. The van der Waals surface area contributed by atoms with Crippen molar-refractivity contribution in [2.24, 2.45) is 4.99 Å². The normalized spacial score (nSPS) is 13.1. The molecule has 1 amide bonds. The summed E-state index contributed by atoms with van der Waals surface area (Å²) in [5, 5.41) is 10.0. The first-order chi connectivity index (χ1) is 15.1. The molecule has 0 unspecified atom stereocenters. The van der Waals surface area contributed by atoms with E-state index in [4.69, 9.17) is 16.3 Å². The van der Waals surface area contributed by atoms with E-state index in [1.54, 1.807) is 12.3 Å². The lowest BCUT2D eigenvalue weighted by Crippen LogP contribution is -2.38. The van der Waals surface area contributed by atoms with E-state index in [0.717, 1.165) is 50.3 Å². The number of halogens is 2. The van der Waals surface area contributed by atoms with Crippen molar-refractivity contribution >= 4 is 47.4 Å². The molecule has 0 aliphatic heterocycles. The minimum Gasteiger partial charge on any atom is -0.484 e. The molecule has 0 spiro atoms. The number of carbonyl (C=O) groups is 1. The second-order valence-corrected chi connectivity index (χ2v) is 7.84. The molecule has 32 heavy (non-hydrogen) atoms. The second-order valence-electron chi connectivity index (χ2n) is 7.45. The van der Waals surface area contributed by atoms with Gasteiger partial charge in [0.25, 0.3) is 5.91 Å². The summed E-state index contributed by atoms with van der Waals surface area (Å²) in [6.45, 7) is 4.33. The fraction of sp³-hybridized carbons (Fsp3) is 0.435. The van der Waals surface area contributed by atoms with Crippen molar-refractivity contribution in [2.45, 2.75) is 38.6 Å². The van der Waals surface area contributed by atoms with Gasteiger partial charge in [-0.1, -0.05) is 29.8 Å². The molecular weight excluding hydrogens is 541 g/mol. The molecule has 174 valence electrons. The molecule has 7 nitrogen and oxygen atoms in total. The van der Waals surface area contributed by atoms with E-state index in [1.807, 2.05) is 37.3 Å². The van der Waals surface area contributed by atoms with Gasteiger partial charge in [0.1, 0.15) is 10.9 Å². The predicted octanol–water partition coefficient (Wildman–Crippen LogP) is 3.35. The summed E-state index contributed by atoms with van der Waals surface area (Å²) < 4.78 is 5.54. The van der Waals surface area contributed by atoms with Gasteiger partial charge in [0.15, 0.2) is 12.6 Å². The number of guanidine groups is 1. The van der Waals surface area contributed by atoms with Crippen molar-refractivity contribution in [2.75, 3.05) is 26.2 Å². The van der Waals surface area contributed by atoms with E-state index in [0.29, 0.717) is 23.5 Å². The van der Waals surface area contributed by atoms with Crippen LogP contribution >= 0.6 is 35.6 Å². The largest absolute Gasteiger partial charge is 0.484 e. The standard InChI is InChI=1S/C23H30ClN5O2.HI/c1-2-25-23(27-14-12-18-5-10-21(24)28-15-18)26-13-11-17-3-8-20(9-4-17)31-16-22(30)29-19-6-7-19;/h3-5,8-10,15,19H,2,6-7,11-14,16H2,1H3,(H,29,30)(H2,25,26,27);1H. The number of carbonyl (C=O) groups excluding carboxylic acids is 1. The van der Waals surface area contributed by atoms with Crippen molar-refractivity contribution in [3.05, 3.63) is 58.9 Å². The van der Waals surface area contributed by atoms with Crippen molar-refractivity contribution in [1.29, 1.82) is 0 Å². The Morgan fingerprint density at radius 2 is 1.88 bits per heavy atom. The van der Waals surface area contributed by atoms with Gasteiger partial charge in [-0.05, 0) is 61.9 Å². The van der Waals surface area contributed by atoms with Gasteiger partial charge >= 0.3 is 0 Å². The van der Waals surface area contributed by atoms with Crippen LogP contribution in [0.15, 0.2) is 47.6 Å². The monoisotopic (exact) mass is 571 g/mol. The van der Waals surface area contributed by atoms with E-state index in [2.05, 4.69) is 25.9 Å². The number of aliphatic imine (C=N–C) groups is 1. The molecule has 1 aromatic carbocycles. The molecule has 1 aliphatic carbocycles.